The van der Waals surface area contributed by atoms with E-state index in [0.29, 0.717) is 10.7 Å². The summed E-state index contributed by atoms with van der Waals surface area (Å²) in [4.78, 5) is 12.3. The Bertz CT molecular complexity index is 1020. The van der Waals surface area contributed by atoms with E-state index in [1.807, 2.05) is 28.8 Å². The first kappa shape index (κ1) is 22.7. The van der Waals surface area contributed by atoms with Gasteiger partial charge in [-0.05, 0) is 35.7 Å². The Kier molecular flexibility index (Phi) is 7.56. The molecule has 0 unspecified atom stereocenters. The molecule has 164 valence electrons. The normalized spacial score (nSPS) is 11.4. The number of hydrogen-bond donors (Lipinski definition) is 1. The molecule has 1 amide bonds. The van der Waals surface area contributed by atoms with Gasteiger partial charge in [-0.2, -0.15) is 13.2 Å². The molecule has 3 aromatic rings. The summed E-state index contributed by atoms with van der Waals surface area (Å²) < 4.78 is 43.4. The van der Waals surface area contributed by atoms with Crippen LogP contribution in [-0.4, -0.2) is 39.2 Å². The van der Waals surface area contributed by atoms with Crippen molar-refractivity contribution in [3.8, 4) is 11.4 Å². The van der Waals surface area contributed by atoms with Gasteiger partial charge in [0.25, 0.3) is 0 Å². The van der Waals surface area contributed by atoms with E-state index in [4.69, 9.17) is 4.74 Å². The Morgan fingerprint density at radius 2 is 2.00 bits per heavy atom. The van der Waals surface area contributed by atoms with Gasteiger partial charge in [0, 0.05) is 6.54 Å². The molecule has 1 N–H and O–H groups in total. The molecule has 0 atom stereocenters. The van der Waals surface area contributed by atoms with E-state index in [-0.39, 0.29) is 24.0 Å². The van der Waals surface area contributed by atoms with Crippen molar-refractivity contribution in [2.24, 2.45) is 0 Å². The molecule has 0 bridgehead atoms. The number of rotatable bonds is 9. The van der Waals surface area contributed by atoms with E-state index in [0.717, 1.165) is 17.7 Å². The Labute approximate surface area is 181 Å². The van der Waals surface area contributed by atoms with Gasteiger partial charge >= 0.3 is 6.18 Å². The zero-order valence-electron chi connectivity index (χ0n) is 16.7. The van der Waals surface area contributed by atoms with Crippen LogP contribution < -0.4 is 10.1 Å². The van der Waals surface area contributed by atoms with Gasteiger partial charge in [0.15, 0.2) is 11.8 Å². The second kappa shape index (κ2) is 10.3. The number of carbonyl (C=O) groups excluding carboxylic acids is 1. The fourth-order valence-corrected chi connectivity index (χ4v) is 3.58. The maximum atomic E-state index is 12.3. The molecule has 10 heteroatoms. The number of amides is 1. The van der Waals surface area contributed by atoms with Crippen LogP contribution in [0.25, 0.3) is 5.69 Å². The number of alkyl halides is 3. The van der Waals surface area contributed by atoms with Crippen LogP contribution in [0.4, 0.5) is 13.2 Å². The van der Waals surface area contributed by atoms with Gasteiger partial charge in [0.2, 0.25) is 5.91 Å². The van der Waals surface area contributed by atoms with Gasteiger partial charge in [-0.1, -0.05) is 49.0 Å². The highest BCUT2D eigenvalue weighted by molar-refractivity contribution is 7.99. The van der Waals surface area contributed by atoms with Crippen molar-refractivity contribution in [2.75, 3.05) is 12.4 Å². The number of nitrogens with zero attached hydrogens (tertiary/aromatic N) is 3. The molecule has 0 aliphatic heterocycles. The summed E-state index contributed by atoms with van der Waals surface area (Å²) >= 11 is 1.25. The number of nitrogens with one attached hydrogen (secondary N) is 1. The molecular formula is C21H21F3N4O2S. The fraction of sp³-hybridized carbons (Fsp3) is 0.286. The zero-order valence-corrected chi connectivity index (χ0v) is 17.5. The molecule has 31 heavy (non-hydrogen) atoms. The van der Waals surface area contributed by atoms with Gasteiger partial charge < -0.3 is 10.1 Å². The van der Waals surface area contributed by atoms with Crippen LogP contribution in [-0.2, 0) is 17.8 Å². The third kappa shape index (κ3) is 6.74. The van der Waals surface area contributed by atoms with Crippen LogP contribution in [0.15, 0.2) is 60.0 Å². The van der Waals surface area contributed by atoms with Crippen molar-refractivity contribution in [1.29, 1.82) is 0 Å². The lowest BCUT2D eigenvalue weighted by Crippen LogP contribution is -2.24. The molecule has 1 heterocycles. The molecule has 0 aliphatic carbocycles. The highest BCUT2D eigenvalue weighted by Crippen LogP contribution is 2.23. The number of para-hydroxylation sites is 1. The quantitative estimate of drug-likeness (QED) is 0.496. The molecule has 2 aromatic carbocycles. The summed E-state index contributed by atoms with van der Waals surface area (Å²) in [6.07, 6.45) is -1.94. The summed E-state index contributed by atoms with van der Waals surface area (Å²) in [6.45, 7) is 0.877. The first-order chi connectivity index (χ1) is 14.9. The van der Waals surface area contributed by atoms with Crippen LogP contribution >= 0.6 is 11.8 Å². The second-order valence-electron chi connectivity index (χ2n) is 6.58. The molecule has 1 aromatic heterocycles. The number of carbonyl (C=O) groups is 1. The number of aromatic nitrogens is 3. The maximum Gasteiger partial charge on any atom is 0.422 e. The molecule has 6 nitrogen and oxygen atoms in total. The molecule has 0 fully saturated rings. The minimum absolute atomic E-state index is 0.0983. The monoisotopic (exact) mass is 450 g/mol. The smallest absolute Gasteiger partial charge is 0.422 e. The van der Waals surface area contributed by atoms with E-state index in [9.17, 15) is 18.0 Å². The molecule has 0 saturated heterocycles. The number of benzene rings is 2. The van der Waals surface area contributed by atoms with Crippen molar-refractivity contribution in [3.05, 3.63) is 66.0 Å². The topological polar surface area (TPSA) is 69.0 Å². The van der Waals surface area contributed by atoms with E-state index >= 15 is 0 Å². The summed E-state index contributed by atoms with van der Waals surface area (Å²) in [5.74, 6) is -0.0110. The van der Waals surface area contributed by atoms with Crippen molar-refractivity contribution in [3.63, 3.8) is 0 Å². The van der Waals surface area contributed by atoms with E-state index < -0.39 is 12.8 Å². The first-order valence-electron chi connectivity index (χ1n) is 9.52. The SMILES string of the molecule is CCc1ccccc1-n1cnnc1SCC(=O)NCc1cccc(OCC(F)(F)F)c1. The summed E-state index contributed by atoms with van der Waals surface area (Å²) in [7, 11) is 0. The van der Waals surface area contributed by atoms with Gasteiger partial charge in [0.1, 0.15) is 12.1 Å². The minimum Gasteiger partial charge on any atom is -0.484 e. The highest BCUT2D eigenvalue weighted by Gasteiger charge is 2.28. The predicted octanol–water partition coefficient (Wildman–Crippen LogP) is 4.18. The Morgan fingerprint density at radius 1 is 1.19 bits per heavy atom. The number of hydrogen-bond acceptors (Lipinski definition) is 5. The Balaban J connectivity index is 1.54. The van der Waals surface area contributed by atoms with Gasteiger partial charge in [-0.25, -0.2) is 0 Å². The lowest BCUT2D eigenvalue weighted by molar-refractivity contribution is -0.153. The first-order valence-corrected chi connectivity index (χ1v) is 10.5. The second-order valence-corrected chi connectivity index (χ2v) is 7.52. The van der Waals surface area contributed by atoms with Crippen molar-refractivity contribution in [1.82, 2.24) is 20.1 Å². The molecular weight excluding hydrogens is 429 g/mol. The van der Waals surface area contributed by atoms with E-state index in [1.165, 1.54) is 23.9 Å². The van der Waals surface area contributed by atoms with E-state index in [2.05, 4.69) is 22.4 Å². The average molecular weight is 450 g/mol. The third-order valence-corrected chi connectivity index (χ3v) is 5.21. The molecule has 0 aliphatic rings. The Morgan fingerprint density at radius 3 is 2.77 bits per heavy atom. The van der Waals surface area contributed by atoms with Crippen LogP contribution in [0, 0.1) is 0 Å². The number of halogens is 3. The molecule has 0 radical (unpaired) electrons. The summed E-state index contributed by atoms with van der Waals surface area (Å²) in [6, 6.07) is 14.1. The summed E-state index contributed by atoms with van der Waals surface area (Å²) in [5.41, 5.74) is 2.74. The van der Waals surface area contributed by atoms with Crippen LogP contribution in [0.1, 0.15) is 18.1 Å². The van der Waals surface area contributed by atoms with Crippen LogP contribution in [0.5, 0.6) is 5.75 Å². The van der Waals surface area contributed by atoms with Crippen molar-refractivity contribution >= 4 is 17.7 Å². The van der Waals surface area contributed by atoms with Gasteiger partial charge in [-0.3, -0.25) is 9.36 Å². The number of aryl methyl sites for hydroxylation is 1. The van der Waals surface area contributed by atoms with E-state index in [1.54, 1.807) is 18.5 Å². The Hall–Kier alpha value is -3.01. The molecule has 0 spiro atoms. The third-order valence-electron chi connectivity index (χ3n) is 4.27. The largest absolute Gasteiger partial charge is 0.484 e. The van der Waals surface area contributed by atoms with Gasteiger partial charge in [-0.15, -0.1) is 10.2 Å². The standard InChI is InChI=1S/C21H21F3N4O2S/c1-2-16-7-3-4-9-18(16)28-14-26-27-20(28)31-12-19(29)25-11-15-6-5-8-17(10-15)30-13-21(22,23)24/h3-10,14H,2,11-13H2,1H3,(H,25,29). The predicted molar refractivity (Wildman–Crippen MR) is 111 cm³/mol. The summed E-state index contributed by atoms with van der Waals surface area (Å²) in [5, 5.41) is 11.4. The maximum absolute atomic E-state index is 12.3. The van der Waals surface area contributed by atoms with Crippen LogP contribution in [0.2, 0.25) is 0 Å². The van der Waals surface area contributed by atoms with Crippen molar-refractivity contribution in [2.45, 2.75) is 31.2 Å². The number of ether oxygens (including phenoxy) is 1. The average Bonchev–Trinajstić information content (AvgIpc) is 3.23. The minimum atomic E-state index is -4.40. The lowest BCUT2D eigenvalue weighted by Gasteiger charge is -2.11. The highest BCUT2D eigenvalue weighted by atomic mass is 32.2. The molecule has 0 saturated carbocycles. The van der Waals surface area contributed by atoms with Crippen molar-refractivity contribution < 1.29 is 22.7 Å². The fourth-order valence-electron chi connectivity index (χ4n) is 2.83. The number of thioether (sulfide) groups is 1. The zero-order chi connectivity index (χ0) is 22.3. The van der Waals surface area contributed by atoms with Gasteiger partial charge in [0.05, 0.1) is 11.4 Å². The lowest BCUT2D eigenvalue weighted by atomic mass is 10.1. The molecule has 3 rings (SSSR count). The van der Waals surface area contributed by atoms with Crippen LogP contribution in [0.3, 0.4) is 0 Å².